The number of H-pyrrole nitrogens is 1. The Bertz CT molecular complexity index is 818. The van der Waals surface area contributed by atoms with Crippen molar-refractivity contribution in [1.29, 1.82) is 0 Å². The van der Waals surface area contributed by atoms with Crippen molar-refractivity contribution < 1.29 is 4.79 Å². The first-order chi connectivity index (χ1) is 12.1. The molecule has 132 valence electrons. The molecule has 0 aliphatic carbocycles. The summed E-state index contributed by atoms with van der Waals surface area (Å²) in [6.07, 6.45) is 6.29. The fourth-order valence-electron chi connectivity index (χ4n) is 3.31. The molecule has 0 spiro atoms. The average Bonchev–Trinajstić information content (AvgIpc) is 3.12. The molecule has 3 N–H and O–H groups in total. The van der Waals surface area contributed by atoms with Crippen molar-refractivity contribution in [3.8, 4) is 0 Å². The molecule has 0 radical (unpaired) electrons. The van der Waals surface area contributed by atoms with Crippen molar-refractivity contribution in [2.45, 2.75) is 19.4 Å². The van der Waals surface area contributed by atoms with Crippen LogP contribution in [-0.2, 0) is 4.79 Å². The number of nitrogens with two attached hydrogens (primary N) is 1. The Morgan fingerprint density at radius 1 is 1.40 bits per heavy atom. The molecule has 2 aliphatic heterocycles. The number of rotatable bonds is 2. The summed E-state index contributed by atoms with van der Waals surface area (Å²) in [6, 6.07) is 2.02. The van der Waals surface area contributed by atoms with Crippen LogP contribution in [0.3, 0.4) is 0 Å². The van der Waals surface area contributed by atoms with Crippen LogP contribution in [0.25, 0.3) is 11.0 Å². The number of aromatic nitrogens is 3. The van der Waals surface area contributed by atoms with Crippen molar-refractivity contribution in [2.75, 3.05) is 30.3 Å². The molecule has 2 atom stereocenters. The summed E-state index contributed by atoms with van der Waals surface area (Å²) in [5.74, 6) is 2.23. The number of carbonyl (C=O) groups excluding carboxylic acids is 1. The maximum Gasteiger partial charge on any atom is 0.261 e. The minimum atomic E-state index is 0.0596. The summed E-state index contributed by atoms with van der Waals surface area (Å²) in [6.45, 7) is 4.38. The van der Waals surface area contributed by atoms with Gasteiger partial charge in [-0.2, -0.15) is 0 Å². The molecule has 1 amide bonds. The van der Waals surface area contributed by atoms with Gasteiger partial charge in [-0.15, -0.1) is 11.8 Å². The van der Waals surface area contributed by atoms with Gasteiger partial charge in [0.15, 0.2) is 0 Å². The maximum absolute atomic E-state index is 12.9. The van der Waals surface area contributed by atoms with E-state index in [1.54, 1.807) is 18.1 Å². The van der Waals surface area contributed by atoms with E-state index < -0.39 is 0 Å². The van der Waals surface area contributed by atoms with Gasteiger partial charge >= 0.3 is 0 Å². The number of carbonyl (C=O) groups is 1. The van der Waals surface area contributed by atoms with E-state index >= 15 is 0 Å². The Kier molecular flexibility index (Phi) is 4.39. The van der Waals surface area contributed by atoms with E-state index in [0.29, 0.717) is 12.5 Å². The fraction of sp³-hybridized carbons (Fsp3) is 0.471. The van der Waals surface area contributed by atoms with E-state index in [2.05, 4.69) is 21.9 Å². The van der Waals surface area contributed by atoms with E-state index in [-0.39, 0.29) is 11.9 Å². The fourth-order valence-corrected chi connectivity index (χ4v) is 4.27. The lowest BCUT2D eigenvalue weighted by atomic mass is 9.94. The van der Waals surface area contributed by atoms with Gasteiger partial charge in [-0.1, -0.05) is 6.92 Å². The number of aromatic amines is 1. The minimum Gasteiger partial charge on any atom is -0.346 e. The molecule has 25 heavy (non-hydrogen) atoms. The molecule has 8 heteroatoms. The second kappa shape index (κ2) is 6.68. The standard InChI is InChI=1S/C17H22N6OS/c1-11-3-5-23(8-13(11)18)17(24)14-9-22(6-7-25-14)16-12-2-4-19-15(12)20-10-21-16/h2,4,9-11,13H,3,5-8,18H2,1H3,(H,19,20,21)/t11-,13-/m0/s1. The first kappa shape index (κ1) is 16.4. The van der Waals surface area contributed by atoms with Crippen LogP contribution in [0.4, 0.5) is 5.82 Å². The van der Waals surface area contributed by atoms with Gasteiger partial charge < -0.3 is 20.5 Å². The first-order valence-electron chi connectivity index (χ1n) is 8.57. The van der Waals surface area contributed by atoms with E-state index in [9.17, 15) is 4.79 Å². The summed E-state index contributed by atoms with van der Waals surface area (Å²) in [5, 5.41) is 0.964. The molecule has 2 aromatic rings. The summed E-state index contributed by atoms with van der Waals surface area (Å²) in [7, 11) is 0. The highest BCUT2D eigenvalue weighted by Crippen LogP contribution is 2.30. The number of piperidine rings is 1. The van der Waals surface area contributed by atoms with Crippen molar-refractivity contribution in [3.63, 3.8) is 0 Å². The zero-order valence-corrected chi connectivity index (χ0v) is 15.0. The summed E-state index contributed by atoms with van der Waals surface area (Å²) < 4.78 is 0. The van der Waals surface area contributed by atoms with Crippen LogP contribution < -0.4 is 10.6 Å². The molecular weight excluding hydrogens is 336 g/mol. The average molecular weight is 358 g/mol. The van der Waals surface area contributed by atoms with Crippen molar-refractivity contribution in [1.82, 2.24) is 19.9 Å². The predicted octanol–water partition coefficient (Wildman–Crippen LogP) is 1.55. The van der Waals surface area contributed by atoms with E-state index in [1.165, 1.54) is 0 Å². The van der Waals surface area contributed by atoms with Crippen LogP contribution in [0.2, 0.25) is 0 Å². The normalized spacial score (nSPS) is 24.5. The molecule has 2 aromatic heterocycles. The SMILES string of the molecule is C[C@H]1CCN(C(=O)C2=CN(c3ncnc4[nH]ccc34)CCS2)C[C@@H]1N. The third kappa shape index (κ3) is 3.11. The first-order valence-corrected chi connectivity index (χ1v) is 9.56. The van der Waals surface area contributed by atoms with Gasteiger partial charge in [0.2, 0.25) is 0 Å². The van der Waals surface area contributed by atoms with Crippen LogP contribution in [0.1, 0.15) is 13.3 Å². The lowest BCUT2D eigenvalue weighted by Crippen LogP contribution is -2.50. The molecule has 0 unspecified atom stereocenters. The quantitative estimate of drug-likeness (QED) is 0.846. The van der Waals surface area contributed by atoms with E-state index in [0.717, 1.165) is 47.0 Å². The van der Waals surface area contributed by atoms with Crippen molar-refractivity contribution in [2.24, 2.45) is 11.7 Å². The van der Waals surface area contributed by atoms with E-state index in [1.807, 2.05) is 28.3 Å². The Balaban J connectivity index is 1.58. The summed E-state index contributed by atoms with van der Waals surface area (Å²) in [5.41, 5.74) is 6.96. The molecule has 0 saturated carbocycles. The highest BCUT2D eigenvalue weighted by molar-refractivity contribution is 8.04. The number of anilines is 1. The number of likely N-dealkylation sites (tertiary alicyclic amines) is 1. The van der Waals surface area contributed by atoms with Gasteiger partial charge in [0, 0.05) is 43.8 Å². The Hall–Kier alpha value is -2.06. The molecule has 1 saturated heterocycles. The predicted molar refractivity (Wildman–Crippen MR) is 100 cm³/mol. The number of amides is 1. The van der Waals surface area contributed by atoms with Gasteiger partial charge in [0.1, 0.15) is 17.8 Å². The van der Waals surface area contributed by atoms with Crippen LogP contribution in [-0.4, -0.2) is 57.2 Å². The molecule has 1 fully saturated rings. The topological polar surface area (TPSA) is 91.1 Å². The molecule has 7 nitrogen and oxygen atoms in total. The third-order valence-corrected chi connectivity index (χ3v) is 5.96. The summed E-state index contributed by atoms with van der Waals surface area (Å²) >= 11 is 1.61. The lowest BCUT2D eigenvalue weighted by molar-refractivity contribution is -0.128. The van der Waals surface area contributed by atoms with Gasteiger partial charge in [0.25, 0.3) is 5.91 Å². The molecule has 4 heterocycles. The van der Waals surface area contributed by atoms with Gasteiger partial charge in [0.05, 0.1) is 10.3 Å². The number of hydrogen-bond acceptors (Lipinski definition) is 6. The van der Waals surface area contributed by atoms with Crippen LogP contribution in [0, 0.1) is 5.92 Å². The Labute approximate surface area is 150 Å². The Morgan fingerprint density at radius 2 is 2.28 bits per heavy atom. The molecule has 0 aromatic carbocycles. The number of nitrogens with one attached hydrogen (secondary N) is 1. The van der Waals surface area contributed by atoms with Crippen LogP contribution >= 0.6 is 11.8 Å². The second-order valence-corrected chi connectivity index (χ2v) is 7.79. The Morgan fingerprint density at radius 3 is 3.12 bits per heavy atom. The van der Waals surface area contributed by atoms with Crippen LogP contribution in [0.5, 0.6) is 0 Å². The number of nitrogens with zero attached hydrogens (tertiary/aromatic N) is 4. The van der Waals surface area contributed by atoms with Gasteiger partial charge in [-0.3, -0.25) is 4.79 Å². The highest BCUT2D eigenvalue weighted by Gasteiger charge is 2.29. The number of hydrogen-bond donors (Lipinski definition) is 2. The number of thioether (sulfide) groups is 1. The monoisotopic (exact) mass is 358 g/mol. The summed E-state index contributed by atoms with van der Waals surface area (Å²) in [4.78, 5) is 29.4. The van der Waals surface area contributed by atoms with Crippen molar-refractivity contribution >= 4 is 34.5 Å². The number of fused-ring (bicyclic) bond motifs is 1. The molecule has 0 bridgehead atoms. The molecule has 2 aliphatic rings. The van der Waals surface area contributed by atoms with Gasteiger partial charge in [-0.25, -0.2) is 9.97 Å². The second-order valence-electron chi connectivity index (χ2n) is 6.65. The highest BCUT2D eigenvalue weighted by atomic mass is 32.2. The minimum absolute atomic E-state index is 0.0596. The third-order valence-electron chi connectivity index (χ3n) is 4.98. The smallest absolute Gasteiger partial charge is 0.261 e. The molecule has 4 rings (SSSR count). The van der Waals surface area contributed by atoms with E-state index in [4.69, 9.17) is 5.73 Å². The van der Waals surface area contributed by atoms with Crippen molar-refractivity contribution in [3.05, 3.63) is 29.7 Å². The zero-order chi connectivity index (χ0) is 17.4. The van der Waals surface area contributed by atoms with Gasteiger partial charge in [-0.05, 0) is 18.4 Å². The molecular formula is C17H22N6OS. The largest absolute Gasteiger partial charge is 0.346 e. The lowest BCUT2D eigenvalue weighted by Gasteiger charge is -2.36. The zero-order valence-electron chi connectivity index (χ0n) is 14.2. The maximum atomic E-state index is 12.9. The van der Waals surface area contributed by atoms with Crippen LogP contribution in [0.15, 0.2) is 29.7 Å².